The highest BCUT2D eigenvalue weighted by Crippen LogP contribution is 2.35. The van der Waals surface area contributed by atoms with Crippen molar-refractivity contribution >= 4 is 36.0 Å². The molecule has 0 saturated heterocycles. The fraction of sp³-hybridized carbons (Fsp3) is 0.333. The molecule has 1 aliphatic heterocycles. The standard InChI is InChI=1S/C9H11IN3O6P/c10-5-3-13(9(14)12-8(5)11)6-1-2-7(19-6)18-4-20(15,16)17/h1-3,6-7H,4H2,(H2,11,12,14)(H2,15,16,17)/t6-,7+/m1/s1. The van der Waals surface area contributed by atoms with Gasteiger partial charge in [0.15, 0.2) is 18.9 Å². The molecule has 1 aromatic heterocycles. The Morgan fingerprint density at radius 3 is 2.90 bits per heavy atom. The summed E-state index contributed by atoms with van der Waals surface area (Å²) in [6.07, 6.45) is 2.00. The fourth-order valence-corrected chi connectivity index (χ4v) is 2.24. The molecule has 2 heterocycles. The van der Waals surface area contributed by atoms with Crippen LogP contribution >= 0.6 is 30.2 Å². The van der Waals surface area contributed by atoms with Crippen molar-refractivity contribution in [2.75, 3.05) is 12.1 Å². The number of nitrogens with two attached hydrogens (primary N) is 1. The maximum atomic E-state index is 11.7. The Labute approximate surface area is 126 Å². The van der Waals surface area contributed by atoms with Gasteiger partial charge in [-0.15, -0.1) is 0 Å². The average Bonchev–Trinajstić information content (AvgIpc) is 2.79. The smallest absolute Gasteiger partial charge is 0.351 e. The minimum Gasteiger partial charge on any atom is -0.383 e. The van der Waals surface area contributed by atoms with E-state index in [-0.39, 0.29) is 5.82 Å². The SMILES string of the molecule is Nc1nc(=O)n([C@H]2C=C[C@@H](OCP(=O)(O)O)O2)cc1I. The summed E-state index contributed by atoms with van der Waals surface area (Å²) in [7, 11) is -4.27. The van der Waals surface area contributed by atoms with Gasteiger partial charge in [-0.3, -0.25) is 9.13 Å². The van der Waals surface area contributed by atoms with E-state index in [1.807, 2.05) is 22.6 Å². The molecule has 0 spiro atoms. The Morgan fingerprint density at radius 1 is 1.55 bits per heavy atom. The second-order valence-electron chi connectivity index (χ2n) is 3.90. The van der Waals surface area contributed by atoms with Gasteiger partial charge in [0.05, 0.1) is 3.57 Å². The van der Waals surface area contributed by atoms with Crippen LogP contribution in [0.2, 0.25) is 0 Å². The van der Waals surface area contributed by atoms with Crippen LogP contribution in [-0.2, 0) is 14.0 Å². The highest BCUT2D eigenvalue weighted by molar-refractivity contribution is 14.1. The highest BCUT2D eigenvalue weighted by Gasteiger charge is 2.25. The number of anilines is 1. The number of hydrogen-bond donors (Lipinski definition) is 3. The lowest BCUT2D eigenvalue weighted by atomic mass is 10.5. The van der Waals surface area contributed by atoms with E-state index >= 15 is 0 Å². The molecule has 0 radical (unpaired) electrons. The van der Waals surface area contributed by atoms with E-state index in [2.05, 4.69) is 4.98 Å². The van der Waals surface area contributed by atoms with E-state index in [9.17, 15) is 9.36 Å². The van der Waals surface area contributed by atoms with Crippen molar-refractivity contribution in [1.29, 1.82) is 0 Å². The summed E-state index contributed by atoms with van der Waals surface area (Å²) in [4.78, 5) is 32.7. The molecule has 0 saturated carbocycles. The zero-order chi connectivity index (χ0) is 14.9. The van der Waals surface area contributed by atoms with Gasteiger partial charge in [0.2, 0.25) is 0 Å². The van der Waals surface area contributed by atoms with Gasteiger partial charge in [0.1, 0.15) is 5.82 Å². The monoisotopic (exact) mass is 415 g/mol. The largest absolute Gasteiger partial charge is 0.383 e. The van der Waals surface area contributed by atoms with E-state index in [0.717, 1.165) is 0 Å². The molecule has 1 aromatic rings. The Kier molecular flexibility index (Phi) is 4.62. The van der Waals surface area contributed by atoms with Crippen LogP contribution < -0.4 is 11.4 Å². The first-order chi connectivity index (χ1) is 9.26. The Hall–Kier alpha value is -0.780. The molecule has 0 aliphatic carbocycles. The quantitative estimate of drug-likeness (QED) is 0.355. The zero-order valence-corrected chi connectivity index (χ0v) is 13.0. The van der Waals surface area contributed by atoms with Crippen molar-refractivity contribution in [2.24, 2.45) is 0 Å². The summed E-state index contributed by atoms with van der Waals surface area (Å²) >= 11 is 1.92. The van der Waals surface area contributed by atoms with E-state index in [0.29, 0.717) is 3.57 Å². The van der Waals surface area contributed by atoms with E-state index in [1.54, 1.807) is 0 Å². The Bertz CT molecular complexity index is 641. The molecule has 9 nitrogen and oxygen atoms in total. The number of nitrogens with zero attached hydrogens (tertiary/aromatic N) is 2. The molecule has 20 heavy (non-hydrogen) atoms. The van der Waals surface area contributed by atoms with Crippen molar-refractivity contribution in [2.45, 2.75) is 12.5 Å². The van der Waals surface area contributed by atoms with Gasteiger partial charge in [-0.25, -0.2) is 4.79 Å². The lowest BCUT2D eigenvalue weighted by Crippen LogP contribution is -2.29. The number of aromatic nitrogens is 2. The number of halogens is 1. The predicted molar refractivity (Wildman–Crippen MR) is 76.7 cm³/mol. The van der Waals surface area contributed by atoms with Gasteiger partial charge in [0.25, 0.3) is 0 Å². The van der Waals surface area contributed by atoms with Gasteiger partial charge in [-0.2, -0.15) is 4.98 Å². The summed E-state index contributed by atoms with van der Waals surface area (Å²) in [5.74, 6) is 0.128. The normalized spacial score (nSPS) is 22.4. The zero-order valence-electron chi connectivity index (χ0n) is 9.92. The van der Waals surface area contributed by atoms with E-state index in [4.69, 9.17) is 25.0 Å². The number of rotatable bonds is 4. The first kappa shape index (κ1) is 15.6. The highest BCUT2D eigenvalue weighted by atomic mass is 127. The number of nitrogen functional groups attached to an aromatic ring is 1. The van der Waals surface area contributed by atoms with Gasteiger partial charge in [-0.1, -0.05) is 0 Å². The van der Waals surface area contributed by atoms with Crippen LogP contribution in [0.1, 0.15) is 6.23 Å². The first-order valence-electron chi connectivity index (χ1n) is 5.30. The van der Waals surface area contributed by atoms with Crippen molar-refractivity contribution in [1.82, 2.24) is 9.55 Å². The molecule has 1 aliphatic rings. The summed E-state index contributed by atoms with van der Waals surface area (Å²) in [6.45, 7) is 0. The number of ether oxygens (including phenoxy) is 2. The third kappa shape index (κ3) is 3.87. The van der Waals surface area contributed by atoms with E-state index in [1.165, 1.54) is 22.9 Å². The van der Waals surface area contributed by atoms with Crippen LogP contribution in [-0.4, -0.2) is 32.0 Å². The van der Waals surface area contributed by atoms with Crippen molar-refractivity contribution < 1.29 is 23.8 Å². The van der Waals surface area contributed by atoms with Gasteiger partial charge in [-0.05, 0) is 34.7 Å². The minimum absolute atomic E-state index is 0.128. The van der Waals surface area contributed by atoms with Crippen molar-refractivity contribution in [3.63, 3.8) is 0 Å². The van der Waals surface area contributed by atoms with Crippen LogP contribution in [0.25, 0.3) is 0 Å². The molecule has 2 atom stereocenters. The molecular weight excluding hydrogens is 404 g/mol. The molecule has 0 amide bonds. The molecule has 0 aromatic carbocycles. The fourth-order valence-electron chi connectivity index (χ4n) is 1.48. The molecule has 2 rings (SSSR count). The van der Waals surface area contributed by atoms with Gasteiger partial charge >= 0.3 is 13.3 Å². The minimum atomic E-state index is -4.27. The summed E-state index contributed by atoms with van der Waals surface area (Å²) in [6, 6.07) is 0. The second-order valence-corrected chi connectivity index (χ2v) is 6.65. The summed E-state index contributed by atoms with van der Waals surface area (Å²) in [5.41, 5.74) is 4.92. The molecular formula is C9H11IN3O6P. The summed E-state index contributed by atoms with van der Waals surface area (Å²) < 4.78 is 22.7. The van der Waals surface area contributed by atoms with Crippen LogP contribution in [0.3, 0.4) is 0 Å². The molecule has 0 unspecified atom stereocenters. The van der Waals surface area contributed by atoms with Gasteiger partial charge in [0, 0.05) is 6.20 Å². The van der Waals surface area contributed by atoms with Crippen LogP contribution in [0.4, 0.5) is 5.82 Å². The average molecular weight is 415 g/mol. The maximum Gasteiger partial charge on any atom is 0.351 e. The van der Waals surface area contributed by atoms with Crippen molar-refractivity contribution in [3.05, 3.63) is 32.4 Å². The maximum absolute atomic E-state index is 11.7. The first-order valence-corrected chi connectivity index (χ1v) is 8.18. The van der Waals surface area contributed by atoms with E-state index < -0.39 is 32.2 Å². The number of hydrogen-bond acceptors (Lipinski definition) is 6. The molecule has 110 valence electrons. The molecule has 11 heteroatoms. The van der Waals surface area contributed by atoms with Crippen LogP contribution in [0, 0.1) is 3.57 Å². The molecule has 0 bridgehead atoms. The van der Waals surface area contributed by atoms with Crippen molar-refractivity contribution in [3.8, 4) is 0 Å². The van der Waals surface area contributed by atoms with Crippen LogP contribution in [0.15, 0.2) is 23.1 Å². The third-order valence-electron chi connectivity index (χ3n) is 2.32. The summed E-state index contributed by atoms with van der Waals surface area (Å²) in [5, 5.41) is 0. The topological polar surface area (TPSA) is 137 Å². The third-order valence-corrected chi connectivity index (χ3v) is 3.64. The molecule has 4 N–H and O–H groups in total. The predicted octanol–water partition coefficient (Wildman–Crippen LogP) is -0.00700. The second kappa shape index (κ2) is 5.92. The Morgan fingerprint density at radius 2 is 2.25 bits per heavy atom. The lowest BCUT2D eigenvalue weighted by molar-refractivity contribution is -0.127. The van der Waals surface area contributed by atoms with Crippen LogP contribution in [0.5, 0.6) is 0 Å². The van der Waals surface area contributed by atoms with Gasteiger partial charge < -0.3 is 25.0 Å². The Balaban J connectivity index is 2.07. The molecule has 0 fully saturated rings. The lowest BCUT2D eigenvalue weighted by Gasteiger charge is -2.17.